The molecule has 11 heteroatoms. The average molecular weight is 581 g/mol. The number of hydrogen-bond donors (Lipinski definition) is 3. The number of carbonyl (C=O) groups is 2. The standard InChI is InChI=1S/C29H29ClN4O5S/c1-16-24(14-33(2)13-22(35)18-6-9-23-21(10-18)32-25(36)15-39-23)40-28-26(16)34(3)12-20(27(28)37)29(38)31-11-17-4-7-19(30)8-5-17/h4-10,12,22,35H,11,13-15H2,1-3H3,(H,31,38)(H,32,36). The van der Waals surface area contributed by atoms with E-state index >= 15 is 0 Å². The van der Waals surface area contributed by atoms with Gasteiger partial charge < -0.3 is 25.0 Å². The molecule has 1 unspecified atom stereocenters. The van der Waals surface area contributed by atoms with Crippen LogP contribution in [0.25, 0.3) is 10.2 Å². The van der Waals surface area contributed by atoms with Crippen LogP contribution in [0.3, 0.4) is 0 Å². The third-order valence-corrected chi connectivity index (χ3v) is 8.39. The number of thiophene rings is 1. The summed E-state index contributed by atoms with van der Waals surface area (Å²) in [5, 5.41) is 17.1. The molecule has 2 aromatic heterocycles. The molecule has 0 aliphatic carbocycles. The first-order chi connectivity index (χ1) is 19.1. The summed E-state index contributed by atoms with van der Waals surface area (Å²) in [7, 11) is 3.72. The fourth-order valence-corrected chi connectivity index (χ4v) is 6.28. The predicted octanol–water partition coefficient (Wildman–Crippen LogP) is 3.99. The Morgan fingerprint density at radius 1 is 1.25 bits per heavy atom. The van der Waals surface area contributed by atoms with Gasteiger partial charge in [0, 0.05) is 42.8 Å². The number of hydrogen-bond acceptors (Lipinski definition) is 7. The van der Waals surface area contributed by atoms with E-state index in [9.17, 15) is 19.5 Å². The van der Waals surface area contributed by atoms with E-state index in [0.29, 0.717) is 39.8 Å². The molecule has 1 aliphatic rings. The highest BCUT2D eigenvalue weighted by atomic mass is 35.5. The number of rotatable bonds is 8. The number of halogens is 1. The second-order valence-corrected chi connectivity index (χ2v) is 11.5. The Balaban J connectivity index is 1.31. The van der Waals surface area contributed by atoms with Gasteiger partial charge in [0.15, 0.2) is 6.61 Å². The Bertz CT molecular complexity index is 1660. The molecule has 9 nitrogen and oxygen atoms in total. The van der Waals surface area contributed by atoms with Crippen LogP contribution in [0.4, 0.5) is 5.69 Å². The first-order valence-electron chi connectivity index (χ1n) is 12.7. The predicted molar refractivity (Wildman–Crippen MR) is 156 cm³/mol. The number of carbonyl (C=O) groups excluding carboxylic acids is 2. The monoisotopic (exact) mass is 580 g/mol. The van der Waals surface area contributed by atoms with Crippen LogP contribution in [0.15, 0.2) is 53.5 Å². The minimum absolute atomic E-state index is 0.0233. The number of aryl methyl sites for hydroxylation is 2. The highest BCUT2D eigenvalue weighted by Gasteiger charge is 2.22. The van der Waals surface area contributed by atoms with Gasteiger partial charge in [0.2, 0.25) is 5.43 Å². The average Bonchev–Trinajstić information content (AvgIpc) is 3.25. The van der Waals surface area contributed by atoms with Crippen molar-refractivity contribution in [3.63, 3.8) is 0 Å². The second-order valence-electron chi connectivity index (χ2n) is 9.92. The van der Waals surface area contributed by atoms with E-state index in [-0.39, 0.29) is 30.1 Å². The molecular formula is C29H29ClN4O5S. The first-order valence-corrected chi connectivity index (χ1v) is 13.9. The van der Waals surface area contributed by atoms with E-state index in [2.05, 4.69) is 10.6 Å². The molecule has 2 amide bonds. The molecule has 208 valence electrons. The van der Waals surface area contributed by atoms with Crippen LogP contribution in [0.1, 0.15) is 38.0 Å². The number of likely N-dealkylation sites (N-methyl/N-ethyl adjacent to an activating group) is 1. The Morgan fingerprint density at radius 2 is 2.00 bits per heavy atom. The quantitative estimate of drug-likeness (QED) is 0.290. The lowest BCUT2D eigenvalue weighted by Crippen LogP contribution is -2.29. The number of aromatic nitrogens is 1. The van der Waals surface area contributed by atoms with E-state index in [1.807, 2.05) is 42.6 Å². The van der Waals surface area contributed by atoms with Crippen molar-refractivity contribution in [2.24, 2.45) is 7.05 Å². The number of nitrogens with one attached hydrogen (secondary N) is 2. The Kier molecular flexibility index (Phi) is 7.95. The van der Waals surface area contributed by atoms with Gasteiger partial charge >= 0.3 is 0 Å². The lowest BCUT2D eigenvalue weighted by molar-refractivity contribution is -0.118. The van der Waals surface area contributed by atoms with E-state index < -0.39 is 12.0 Å². The summed E-state index contributed by atoms with van der Waals surface area (Å²) in [6.45, 7) is 3.05. The van der Waals surface area contributed by atoms with Crippen molar-refractivity contribution in [2.45, 2.75) is 26.1 Å². The molecule has 3 heterocycles. The van der Waals surface area contributed by atoms with Crippen LogP contribution in [-0.2, 0) is 24.9 Å². The van der Waals surface area contributed by atoms with Crippen molar-refractivity contribution in [3.05, 3.63) is 91.0 Å². The molecule has 0 fully saturated rings. The number of aliphatic hydroxyl groups is 1. The van der Waals surface area contributed by atoms with Gasteiger partial charge in [0.1, 0.15) is 11.3 Å². The second kappa shape index (κ2) is 11.4. The molecule has 3 N–H and O–H groups in total. The van der Waals surface area contributed by atoms with Crippen molar-refractivity contribution in [2.75, 3.05) is 25.5 Å². The number of ether oxygens (including phenoxy) is 1. The van der Waals surface area contributed by atoms with E-state index in [4.69, 9.17) is 16.3 Å². The fourth-order valence-electron chi connectivity index (χ4n) is 4.78. The first kappa shape index (κ1) is 27.9. The molecule has 2 aromatic carbocycles. The summed E-state index contributed by atoms with van der Waals surface area (Å²) in [5.41, 5.74) is 3.61. The van der Waals surface area contributed by atoms with Gasteiger partial charge in [-0.15, -0.1) is 11.3 Å². The third-order valence-electron chi connectivity index (χ3n) is 6.87. The van der Waals surface area contributed by atoms with Gasteiger partial charge in [-0.3, -0.25) is 19.3 Å². The van der Waals surface area contributed by atoms with Crippen LogP contribution in [-0.4, -0.2) is 46.6 Å². The number of pyridine rings is 1. The topological polar surface area (TPSA) is 113 Å². The van der Waals surface area contributed by atoms with Crippen molar-refractivity contribution >= 4 is 50.7 Å². The van der Waals surface area contributed by atoms with E-state index in [1.54, 1.807) is 36.5 Å². The molecule has 4 aromatic rings. The van der Waals surface area contributed by atoms with E-state index in [1.165, 1.54) is 11.3 Å². The van der Waals surface area contributed by atoms with Crippen molar-refractivity contribution in [1.82, 2.24) is 14.8 Å². The summed E-state index contributed by atoms with van der Waals surface area (Å²) < 4.78 is 7.74. The summed E-state index contributed by atoms with van der Waals surface area (Å²) in [5.74, 6) is -0.0920. The van der Waals surface area contributed by atoms with Crippen LogP contribution in [0.5, 0.6) is 5.75 Å². The van der Waals surface area contributed by atoms with Gasteiger partial charge in [-0.1, -0.05) is 29.8 Å². The number of benzene rings is 2. The van der Waals surface area contributed by atoms with Crippen molar-refractivity contribution in [3.8, 4) is 5.75 Å². The number of nitrogens with zero attached hydrogens (tertiary/aromatic N) is 2. The number of aliphatic hydroxyl groups excluding tert-OH is 1. The van der Waals surface area contributed by atoms with Crippen LogP contribution >= 0.6 is 22.9 Å². The lowest BCUT2D eigenvalue weighted by atomic mass is 10.1. The molecule has 0 saturated heterocycles. The molecule has 0 bridgehead atoms. The minimum Gasteiger partial charge on any atom is -0.482 e. The third kappa shape index (κ3) is 5.75. The smallest absolute Gasteiger partial charge is 0.262 e. The Morgan fingerprint density at radius 3 is 2.75 bits per heavy atom. The molecular weight excluding hydrogens is 552 g/mol. The highest BCUT2D eigenvalue weighted by molar-refractivity contribution is 7.19. The largest absolute Gasteiger partial charge is 0.482 e. The SMILES string of the molecule is Cc1c(CN(C)CC(O)c2ccc3c(c2)NC(=O)CO3)sc2c(=O)c(C(=O)NCc3ccc(Cl)cc3)cn(C)c12. The molecule has 0 spiro atoms. The van der Waals surface area contributed by atoms with E-state index in [0.717, 1.165) is 21.5 Å². The molecule has 40 heavy (non-hydrogen) atoms. The van der Waals surface area contributed by atoms with Gasteiger partial charge in [0.05, 0.1) is 22.0 Å². The van der Waals surface area contributed by atoms with Crippen LogP contribution < -0.4 is 20.8 Å². The Hall–Kier alpha value is -3.70. The lowest BCUT2D eigenvalue weighted by Gasteiger charge is -2.23. The van der Waals surface area contributed by atoms with Crippen molar-refractivity contribution in [1.29, 1.82) is 0 Å². The molecule has 0 saturated carbocycles. The molecule has 1 atom stereocenters. The molecule has 0 radical (unpaired) electrons. The number of anilines is 1. The van der Waals surface area contributed by atoms with Crippen LogP contribution in [0, 0.1) is 6.92 Å². The maximum atomic E-state index is 13.4. The number of fused-ring (bicyclic) bond motifs is 2. The normalized spacial score (nSPS) is 13.6. The maximum Gasteiger partial charge on any atom is 0.262 e. The van der Waals surface area contributed by atoms with Gasteiger partial charge in [0.25, 0.3) is 11.8 Å². The Labute approximate surface area is 239 Å². The zero-order valence-corrected chi connectivity index (χ0v) is 23.9. The van der Waals surface area contributed by atoms with Gasteiger partial charge in [-0.05, 0) is 54.9 Å². The fraction of sp³-hybridized carbons (Fsp3) is 0.276. The van der Waals surface area contributed by atoms with Crippen LogP contribution in [0.2, 0.25) is 5.02 Å². The van der Waals surface area contributed by atoms with Crippen molar-refractivity contribution < 1.29 is 19.4 Å². The zero-order chi connectivity index (χ0) is 28.6. The minimum atomic E-state index is -0.800. The summed E-state index contributed by atoms with van der Waals surface area (Å²) in [6.07, 6.45) is 0.781. The summed E-state index contributed by atoms with van der Waals surface area (Å²) in [4.78, 5) is 40.9. The maximum absolute atomic E-state index is 13.4. The molecule has 1 aliphatic heterocycles. The van der Waals surface area contributed by atoms with Gasteiger partial charge in [-0.25, -0.2) is 0 Å². The summed E-state index contributed by atoms with van der Waals surface area (Å²) >= 11 is 7.30. The van der Waals surface area contributed by atoms with Gasteiger partial charge in [-0.2, -0.15) is 0 Å². The molecule has 5 rings (SSSR count). The summed E-state index contributed by atoms with van der Waals surface area (Å²) in [6, 6.07) is 12.4. The zero-order valence-electron chi connectivity index (χ0n) is 22.3. The number of amides is 2. The highest BCUT2D eigenvalue weighted by Crippen LogP contribution is 2.32.